The maximum Gasteiger partial charge on any atom is 0.341 e. The van der Waals surface area contributed by atoms with Crippen molar-refractivity contribution < 1.29 is 14.3 Å². The fourth-order valence-electron chi connectivity index (χ4n) is 4.82. The van der Waals surface area contributed by atoms with E-state index in [2.05, 4.69) is 28.2 Å². The molecule has 5 nitrogen and oxygen atoms in total. The second-order valence-corrected chi connectivity index (χ2v) is 11.6. The number of benzene rings is 2. The third-order valence-corrected chi connectivity index (χ3v) is 9.18. The molecule has 2 aromatic heterocycles. The number of carbonyl (C=O) groups excluding carboxylic acids is 2. The minimum absolute atomic E-state index is 0.130. The Hall–Kier alpha value is -2.74. The average molecular weight is 553 g/mol. The topological polar surface area (TPSA) is 60.3 Å². The van der Waals surface area contributed by atoms with Gasteiger partial charge in [0.1, 0.15) is 5.00 Å². The SMILES string of the molecule is CCOC(=O)c1c(NC(=O)CSc2cn(Cc3ccccc3Cl)c3ccccc23)sc2c1CCCCC2. The van der Waals surface area contributed by atoms with E-state index >= 15 is 0 Å². The number of halogens is 1. The van der Waals surface area contributed by atoms with Crippen molar-refractivity contribution >= 4 is 62.5 Å². The quantitative estimate of drug-likeness (QED) is 0.139. The highest BCUT2D eigenvalue weighted by molar-refractivity contribution is 8.00. The second-order valence-electron chi connectivity index (χ2n) is 9.06. The number of thioether (sulfide) groups is 1. The van der Waals surface area contributed by atoms with Gasteiger partial charge in [0.15, 0.2) is 0 Å². The van der Waals surface area contributed by atoms with E-state index in [0.29, 0.717) is 23.7 Å². The maximum absolute atomic E-state index is 13.1. The highest BCUT2D eigenvalue weighted by Crippen LogP contribution is 2.38. The van der Waals surface area contributed by atoms with E-state index in [0.717, 1.165) is 64.1 Å². The van der Waals surface area contributed by atoms with Gasteiger partial charge in [0.25, 0.3) is 0 Å². The third-order valence-electron chi connectivity index (χ3n) is 6.56. The predicted octanol–water partition coefficient (Wildman–Crippen LogP) is 7.58. The van der Waals surface area contributed by atoms with Gasteiger partial charge in [0, 0.05) is 38.4 Å². The normalized spacial score (nSPS) is 13.2. The van der Waals surface area contributed by atoms with Crippen molar-refractivity contribution in [3.63, 3.8) is 0 Å². The first-order chi connectivity index (χ1) is 18.0. The molecule has 0 saturated carbocycles. The first-order valence-corrected chi connectivity index (χ1v) is 14.8. The fourth-order valence-corrected chi connectivity index (χ4v) is 7.20. The van der Waals surface area contributed by atoms with Crippen LogP contribution in [0.1, 0.15) is 52.5 Å². The Morgan fingerprint density at radius 2 is 1.86 bits per heavy atom. The standard InChI is InChI=1S/C29H29ClN2O3S2/c1-2-35-29(34)27-21-12-4-3-5-15-24(21)37-28(27)31-26(33)18-36-25-17-32(23-14-9-7-11-20(23)25)16-19-10-6-8-13-22(19)30/h6-11,13-14,17H,2-5,12,15-16,18H2,1H3,(H,31,33). The largest absolute Gasteiger partial charge is 0.462 e. The van der Waals surface area contributed by atoms with Crippen LogP contribution < -0.4 is 5.32 Å². The summed E-state index contributed by atoms with van der Waals surface area (Å²) in [4.78, 5) is 28.1. The van der Waals surface area contributed by atoms with Crippen molar-refractivity contribution in [3.05, 3.63) is 81.3 Å². The van der Waals surface area contributed by atoms with Crippen molar-refractivity contribution in [1.82, 2.24) is 4.57 Å². The number of aryl methyl sites for hydroxylation is 1. The number of rotatable bonds is 8. The molecule has 0 spiro atoms. The number of aromatic nitrogens is 1. The first kappa shape index (κ1) is 25.9. The molecule has 0 fully saturated rings. The number of anilines is 1. The summed E-state index contributed by atoms with van der Waals surface area (Å²) < 4.78 is 7.52. The summed E-state index contributed by atoms with van der Waals surface area (Å²) in [5.41, 5.74) is 3.75. The van der Waals surface area contributed by atoms with Crippen molar-refractivity contribution in [1.29, 1.82) is 0 Å². The molecule has 5 rings (SSSR count). The maximum atomic E-state index is 13.1. The molecule has 1 N–H and O–H groups in total. The van der Waals surface area contributed by atoms with E-state index in [1.165, 1.54) is 28.0 Å². The van der Waals surface area contributed by atoms with Gasteiger partial charge >= 0.3 is 5.97 Å². The van der Waals surface area contributed by atoms with E-state index in [1.807, 2.05) is 36.4 Å². The molecule has 4 aromatic rings. The lowest BCUT2D eigenvalue weighted by molar-refractivity contribution is -0.113. The van der Waals surface area contributed by atoms with Crippen LogP contribution in [0, 0.1) is 0 Å². The molecule has 0 bridgehead atoms. The van der Waals surface area contributed by atoms with Crippen molar-refractivity contribution in [3.8, 4) is 0 Å². The molecular weight excluding hydrogens is 524 g/mol. The molecule has 0 atom stereocenters. The zero-order valence-corrected chi connectivity index (χ0v) is 23.1. The number of para-hydroxylation sites is 1. The minimum Gasteiger partial charge on any atom is -0.462 e. The number of thiophene rings is 1. The zero-order chi connectivity index (χ0) is 25.8. The fraction of sp³-hybridized carbons (Fsp3) is 0.310. The van der Waals surface area contributed by atoms with E-state index in [4.69, 9.17) is 16.3 Å². The molecular formula is C29H29ClN2O3S2. The summed E-state index contributed by atoms with van der Waals surface area (Å²) in [7, 11) is 0. The van der Waals surface area contributed by atoms with Crippen LogP contribution in [-0.4, -0.2) is 28.8 Å². The highest BCUT2D eigenvalue weighted by Gasteiger charge is 2.26. The Kier molecular flexibility index (Phi) is 8.23. The van der Waals surface area contributed by atoms with Gasteiger partial charge < -0.3 is 14.6 Å². The van der Waals surface area contributed by atoms with Crippen LogP contribution in [0.5, 0.6) is 0 Å². The molecule has 0 saturated heterocycles. The number of fused-ring (bicyclic) bond motifs is 2. The third kappa shape index (κ3) is 5.74. The van der Waals surface area contributed by atoms with Crippen LogP contribution in [0.3, 0.4) is 0 Å². The van der Waals surface area contributed by atoms with Gasteiger partial charge in [-0.15, -0.1) is 23.1 Å². The number of nitrogens with zero attached hydrogens (tertiary/aromatic N) is 1. The summed E-state index contributed by atoms with van der Waals surface area (Å²) in [6.07, 6.45) is 7.21. The monoisotopic (exact) mass is 552 g/mol. The highest BCUT2D eigenvalue weighted by atomic mass is 35.5. The summed E-state index contributed by atoms with van der Waals surface area (Å²) in [6.45, 7) is 2.77. The molecule has 2 heterocycles. The van der Waals surface area contributed by atoms with E-state index < -0.39 is 0 Å². The van der Waals surface area contributed by atoms with Gasteiger partial charge in [-0.05, 0) is 55.9 Å². The van der Waals surface area contributed by atoms with Crippen molar-refractivity contribution in [2.45, 2.75) is 50.5 Å². The minimum atomic E-state index is -0.340. The van der Waals surface area contributed by atoms with E-state index in [1.54, 1.807) is 6.92 Å². The van der Waals surface area contributed by atoms with Gasteiger partial charge in [-0.25, -0.2) is 4.79 Å². The summed E-state index contributed by atoms with van der Waals surface area (Å²) in [6, 6.07) is 16.0. The van der Waals surface area contributed by atoms with Crippen LogP contribution in [-0.2, 0) is 28.9 Å². The Balaban J connectivity index is 1.34. The molecule has 1 amide bonds. The summed E-state index contributed by atoms with van der Waals surface area (Å²) in [5.74, 6) is -0.229. The Morgan fingerprint density at radius 3 is 2.70 bits per heavy atom. The van der Waals surface area contributed by atoms with Crippen LogP contribution in [0.15, 0.2) is 59.6 Å². The van der Waals surface area contributed by atoms with Crippen molar-refractivity contribution in [2.24, 2.45) is 0 Å². The Bertz CT molecular complexity index is 1440. The molecule has 0 unspecified atom stereocenters. The molecule has 1 aliphatic carbocycles. The second kappa shape index (κ2) is 11.8. The average Bonchev–Trinajstić information content (AvgIpc) is 3.32. The molecule has 0 aliphatic heterocycles. The van der Waals surface area contributed by atoms with Crippen molar-refractivity contribution in [2.75, 3.05) is 17.7 Å². The van der Waals surface area contributed by atoms with Gasteiger partial charge in [0.05, 0.1) is 17.9 Å². The van der Waals surface area contributed by atoms with Gasteiger partial charge in [-0.1, -0.05) is 54.4 Å². The number of hydrogen-bond acceptors (Lipinski definition) is 5. The number of ether oxygens (including phenoxy) is 1. The number of carbonyl (C=O) groups is 2. The van der Waals surface area contributed by atoms with Crippen LogP contribution in [0.4, 0.5) is 5.00 Å². The Labute approximate surface area is 230 Å². The number of amides is 1. The van der Waals surface area contributed by atoms with Gasteiger partial charge in [0.2, 0.25) is 5.91 Å². The molecule has 1 aliphatic rings. The predicted molar refractivity (Wildman–Crippen MR) is 153 cm³/mol. The molecule has 8 heteroatoms. The molecule has 2 aromatic carbocycles. The molecule has 192 valence electrons. The number of esters is 1. The number of hydrogen-bond donors (Lipinski definition) is 1. The van der Waals surface area contributed by atoms with E-state index in [9.17, 15) is 9.59 Å². The lowest BCUT2D eigenvalue weighted by atomic mass is 10.1. The van der Waals surface area contributed by atoms with Crippen LogP contribution in [0.2, 0.25) is 5.02 Å². The summed E-state index contributed by atoms with van der Waals surface area (Å²) in [5, 5.41) is 5.49. The van der Waals surface area contributed by atoms with E-state index in [-0.39, 0.29) is 17.6 Å². The molecule has 0 radical (unpaired) electrons. The number of nitrogens with one attached hydrogen (secondary N) is 1. The summed E-state index contributed by atoms with van der Waals surface area (Å²) >= 11 is 9.44. The Morgan fingerprint density at radius 1 is 1.08 bits per heavy atom. The zero-order valence-electron chi connectivity index (χ0n) is 20.7. The van der Waals surface area contributed by atoms with Crippen LogP contribution >= 0.6 is 34.7 Å². The van der Waals surface area contributed by atoms with Gasteiger partial charge in [-0.3, -0.25) is 4.79 Å². The molecule has 37 heavy (non-hydrogen) atoms. The van der Waals surface area contributed by atoms with Gasteiger partial charge in [-0.2, -0.15) is 0 Å². The lowest BCUT2D eigenvalue weighted by Crippen LogP contribution is -2.16. The smallest absolute Gasteiger partial charge is 0.341 e. The lowest BCUT2D eigenvalue weighted by Gasteiger charge is -2.08. The first-order valence-electron chi connectivity index (χ1n) is 12.6. The van der Waals surface area contributed by atoms with Crippen LogP contribution in [0.25, 0.3) is 10.9 Å².